The molecule has 2 aliphatic rings. The molecule has 3 aromatic carbocycles. The zero-order valence-corrected chi connectivity index (χ0v) is 19.9. The summed E-state index contributed by atoms with van der Waals surface area (Å²) in [6.07, 6.45) is 4.26. The van der Waals surface area contributed by atoms with E-state index in [9.17, 15) is 13.2 Å². The number of nitrogens with one attached hydrogen (secondary N) is 1. The lowest BCUT2D eigenvalue weighted by Gasteiger charge is -2.20. The Morgan fingerprint density at radius 3 is 2.44 bits per heavy atom. The maximum atomic E-state index is 13.3. The number of carbonyl (C=O) groups is 1. The van der Waals surface area contributed by atoms with Crippen molar-refractivity contribution >= 4 is 27.3 Å². The fraction of sp³-hybridized carbons (Fsp3) is 0.296. The number of fused-ring (bicyclic) bond motifs is 1. The van der Waals surface area contributed by atoms with Gasteiger partial charge >= 0.3 is 0 Å². The van der Waals surface area contributed by atoms with Crippen molar-refractivity contribution in [2.24, 2.45) is 0 Å². The minimum Gasteiger partial charge on any atom is -0.322 e. The molecule has 0 saturated carbocycles. The number of nitrogens with zero attached hydrogens (tertiary/aromatic N) is 2. The second kappa shape index (κ2) is 9.60. The normalized spacial score (nSPS) is 15.9. The number of sulfonamides is 1. The van der Waals surface area contributed by atoms with E-state index >= 15 is 0 Å². The van der Waals surface area contributed by atoms with E-state index in [1.165, 1.54) is 41.9 Å². The van der Waals surface area contributed by atoms with Gasteiger partial charge in [-0.1, -0.05) is 36.4 Å². The molecule has 34 heavy (non-hydrogen) atoms. The average Bonchev–Trinajstić information content (AvgIpc) is 3.54. The molecule has 1 saturated heterocycles. The first-order valence-corrected chi connectivity index (χ1v) is 13.3. The van der Waals surface area contributed by atoms with Crippen LogP contribution in [0.2, 0.25) is 0 Å². The van der Waals surface area contributed by atoms with Crippen LogP contribution in [-0.2, 0) is 22.9 Å². The van der Waals surface area contributed by atoms with Crippen LogP contribution >= 0.6 is 0 Å². The van der Waals surface area contributed by atoms with Crippen molar-refractivity contribution in [3.05, 3.63) is 89.5 Å². The number of hydrogen-bond donors (Lipinski definition) is 1. The van der Waals surface area contributed by atoms with Gasteiger partial charge in [0.05, 0.1) is 10.6 Å². The topological polar surface area (TPSA) is 69.7 Å². The Kier molecular flexibility index (Phi) is 6.39. The Morgan fingerprint density at radius 2 is 1.65 bits per heavy atom. The molecule has 1 fully saturated rings. The largest absolute Gasteiger partial charge is 0.322 e. The van der Waals surface area contributed by atoms with Crippen molar-refractivity contribution in [2.45, 2.75) is 30.6 Å². The van der Waals surface area contributed by atoms with Crippen LogP contribution in [0.25, 0.3) is 0 Å². The molecule has 1 amide bonds. The fourth-order valence-corrected chi connectivity index (χ4v) is 6.28. The van der Waals surface area contributed by atoms with Gasteiger partial charge < -0.3 is 10.2 Å². The maximum Gasteiger partial charge on any atom is 0.264 e. The molecule has 3 aromatic rings. The molecule has 0 bridgehead atoms. The summed E-state index contributed by atoms with van der Waals surface area (Å²) in [5.74, 6) is -0.330. The zero-order valence-electron chi connectivity index (χ0n) is 19.1. The van der Waals surface area contributed by atoms with Crippen LogP contribution in [0.15, 0.2) is 77.7 Å². The van der Waals surface area contributed by atoms with Crippen LogP contribution < -0.4 is 9.62 Å². The average molecular weight is 476 g/mol. The Hall–Kier alpha value is -3.16. The third kappa shape index (κ3) is 4.72. The highest BCUT2D eigenvalue weighted by atomic mass is 32.2. The molecule has 2 heterocycles. The molecule has 0 spiro atoms. The summed E-state index contributed by atoms with van der Waals surface area (Å²) in [6.45, 7) is 3.84. The summed E-state index contributed by atoms with van der Waals surface area (Å²) in [4.78, 5) is 15.5. The van der Waals surface area contributed by atoms with Gasteiger partial charge in [-0.25, -0.2) is 8.42 Å². The third-order valence-electron chi connectivity index (χ3n) is 6.66. The number of carbonyl (C=O) groups excluding carboxylic acids is 1. The third-order valence-corrected chi connectivity index (χ3v) is 8.47. The van der Waals surface area contributed by atoms with Crippen LogP contribution in [0, 0.1) is 0 Å². The molecule has 5 rings (SSSR count). The van der Waals surface area contributed by atoms with Crippen molar-refractivity contribution in [3.8, 4) is 0 Å². The van der Waals surface area contributed by atoms with E-state index in [0.29, 0.717) is 29.9 Å². The molecule has 6 nitrogen and oxygen atoms in total. The van der Waals surface area contributed by atoms with Crippen LogP contribution in [0.3, 0.4) is 0 Å². The van der Waals surface area contributed by atoms with Gasteiger partial charge in [-0.3, -0.25) is 9.10 Å². The lowest BCUT2D eigenvalue weighted by atomic mass is 10.1. The molecule has 1 N–H and O–H groups in total. The second-order valence-electron chi connectivity index (χ2n) is 8.93. The van der Waals surface area contributed by atoms with E-state index in [0.717, 1.165) is 18.5 Å². The monoisotopic (exact) mass is 475 g/mol. The van der Waals surface area contributed by atoms with Gasteiger partial charge in [0.2, 0.25) is 0 Å². The van der Waals surface area contributed by atoms with E-state index in [1.807, 2.05) is 48.5 Å². The molecule has 2 aliphatic heterocycles. The maximum absolute atomic E-state index is 13.3. The van der Waals surface area contributed by atoms with Crippen molar-refractivity contribution in [2.75, 3.05) is 35.8 Å². The van der Waals surface area contributed by atoms with Crippen LogP contribution in [0.4, 0.5) is 11.4 Å². The summed E-state index contributed by atoms with van der Waals surface area (Å²) in [5.41, 5.74) is 3.97. The molecule has 176 valence electrons. The SMILES string of the molecule is O=C(Nc1ccc(CCN2CCCC2)cc1)c1cccc(S(=O)(=O)N2CCc3ccccc32)c1. The van der Waals surface area contributed by atoms with Gasteiger partial charge in [-0.15, -0.1) is 0 Å². The van der Waals surface area contributed by atoms with Crippen LogP contribution in [0.5, 0.6) is 0 Å². The highest BCUT2D eigenvalue weighted by Crippen LogP contribution is 2.32. The molecule has 0 atom stereocenters. The molecule has 7 heteroatoms. The minimum atomic E-state index is -3.75. The smallest absolute Gasteiger partial charge is 0.264 e. The van der Waals surface area contributed by atoms with E-state index in [-0.39, 0.29) is 10.8 Å². The number of rotatable bonds is 7. The lowest BCUT2D eigenvalue weighted by molar-refractivity contribution is 0.102. The van der Waals surface area contributed by atoms with Crippen molar-refractivity contribution < 1.29 is 13.2 Å². The Morgan fingerprint density at radius 1 is 0.882 bits per heavy atom. The molecule has 0 aromatic heterocycles. The molecular formula is C27H29N3O3S. The molecule has 0 aliphatic carbocycles. The van der Waals surface area contributed by atoms with Crippen molar-refractivity contribution in [1.82, 2.24) is 4.90 Å². The van der Waals surface area contributed by atoms with E-state index in [2.05, 4.69) is 10.2 Å². The molecular weight excluding hydrogens is 446 g/mol. The Balaban J connectivity index is 1.26. The van der Waals surface area contributed by atoms with E-state index in [4.69, 9.17) is 0 Å². The van der Waals surface area contributed by atoms with E-state index in [1.54, 1.807) is 18.2 Å². The predicted molar refractivity (Wildman–Crippen MR) is 135 cm³/mol. The summed E-state index contributed by atoms with van der Waals surface area (Å²) >= 11 is 0. The first kappa shape index (κ1) is 22.6. The van der Waals surface area contributed by atoms with Gasteiger partial charge in [0, 0.05) is 24.3 Å². The van der Waals surface area contributed by atoms with Crippen LogP contribution in [-0.4, -0.2) is 45.4 Å². The highest BCUT2D eigenvalue weighted by molar-refractivity contribution is 7.92. The number of benzene rings is 3. The van der Waals surface area contributed by atoms with Gasteiger partial charge in [0.1, 0.15) is 0 Å². The van der Waals surface area contributed by atoms with Gasteiger partial charge in [-0.05, 0) is 86.3 Å². The van der Waals surface area contributed by atoms with Gasteiger partial charge in [0.15, 0.2) is 0 Å². The summed E-state index contributed by atoms with van der Waals surface area (Å²) in [6, 6.07) is 21.7. The number of anilines is 2. The van der Waals surface area contributed by atoms with Crippen molar-refractivity contribution in [3.63, 3.8) is 0 Å². The first-order chi connectivity index (χ1) is 16.5. The minimum absolute atomic E-state index is 0.120. The number of amides is 1. The van der Waals surface area contributed by atoms with Crippen LogP contribution in [0.1, 0.15) is 34.3 Å². The highest BCUT2D eigenvalue weighted by Gasteiger charge is 2.31. The molecule has 0 unspecified atom stereocenters. The van der Waals surface area contributed by atoms with Crippen molar-refractivity contribution in [1.29, 1.82) is 0 Å². The second-order valence-corrected chi connectivity index (χ2v) is 10.8. The van der Waals surface area contributed by atoms with Gasteiger partial charge in [0.25, 0.3) is 15.9 Å². The summed E-state index contributed by atoms with van der Waals surface area (Å²) in [7, 11) is -3.75. The zero-order chi connectivity index (χ0) is 23.5. The van der Waals surface area contributed by atoms with Gasteiger partial charge in [-0.2, -0.15) is 0 Å². The quantitative estimate of drug-likeness (QED) is 0.552. The number of likely N-dealkylation sites (tertiary alicyclic amines) is 1. The number of para-hydroxylation sites is 1. The van der Waals surface area contributed by atoms with E-state index < -0.39 is 10.0 Å². The lowest BCUT2D eigenvalue weighted by Crippen LogP contribution is -2.29. The Labute approximate surface area is 201 Å². The summed E-state index contributed by atoms with van der Waals surface area (Å²) < 4.78 is 28.1. The predicted octanol–water partition coefficient (Wildman–Crippen LogP) is 4.33. The fourth-order valence-electron chi connectivity index (χ4n) is 4.73. The number of hydrogen-bond acceptors (Lipinski definition) is 4. The first-order valence-electron chi connectivity index (χ1n) is 11.8. The standard InChI is InChI=1S/C27H29N3O3S/c31-27(28-24-12-10-21(11-13-24)14-18-29-16-3-4-17-29)23-7-5-8-25(20-23)34(32,33)30-19-15-22-6-1-2-9-26(22)30/h1-2,5-13,20H,3-4,14-19H2,(H,28,31). The Bertz CT molecular complexity index is 1280. The molecule has 0 radical (unpaired) electrons. The summed E-state index contributed by atoms with van der Waals surface area (Å²) in [5, 5.41) is 2.89.